The standard InChI is InChI=1S/C18H18ClNO3/c1-9(2)14-12-6-7-13(14)16(18(22)23)15(12)17(21)20-11-5-3-4-10(19)8-11/h3-8,12-13,15-16H,1-2H3,(H,20,21)(H,22,23)/t12-,13-,15+,16-/m0/s1. The predicted molar refractivity (Wildman–Crippen MR) is 89.2 cm³/mol. The summed E-state index contributed by atoms with van der Waals surface area (Å²) in [7, 11) is 0. The number of carbonyl (C=O) groups excluding carboxylic acids is 1. The van der Waals surface area contributed by atoms with Gasteiger partial charge in [-0.05, 0) is 32.0 Å². The number of hydrogen-bond donors (Lipinski definition) is 2. The Hall–Kier alpha value is -2.07. The molecule has 4 nitrogen and oxygen atoms in total. The van der Waals surface area contributed by atoms with Crippen LogP contribution >= 0.6 is 11.6 Å². The molecule has 1 aromatic carbocycles. The molecule has 2 bridgehead atoms. The first kappa shape index (κ1) is 15.8. The zero-order valence-corrected chi connectivity index (χ0v) is 13.7. The molecule has 0 heterocycles. The smallest absolute Gasteiger partial charge is 0.308 e. The van der Waals surface area contributed by atoms with Gasteiger partial charge < -0.3 is 10.4 Å². The number of fused-ring (bicyclic) bond motifs is 2. The van der Waals surface area contributed by atoms with Crippen LogP contribution < -0.4 is 5.32 Å². The molecule has 0 saturated heterocycles. The van der Waals surface area contributed by atoms with Crippen LogP contribution in [0, 0.1) is 23.7 Å². The van der Waals surface area contributed by atoms with Crippen molar-refractivity contribution in [3.8, 4) is 0 Å². The van der Waals surface area contributed by atoms with Crippen LogP contribution in [0.3, 0.4) is 0 Å². The molecule has 0 spiro atoms. The first-order chi connectivity index (χ1) is 10.9. The molecule has 2 aliphatic carbocycles. The van der Waals surface area contributed by atoms with Crippen molar-refractivity contribution in [2.75, 3.05) is 5.32 Å². The fraction of sp³-hybridized carbons (Fsp3) is 0.333. The molecule has 4 atom stereocenters. The lowest BCUT2D eigenvalue weighted by Crippen LogP contribution is -2.36. The Morgan fingerprint density at radius 3 is 2.35 bits per heavy atom. The average molecular weight is 332 g/mol. The number of carbonyl (C=O) groups is 2. The van der Waals surface area contributed by atoms with Gasteiger partial charge in [-0.2, -0.15) is 0 Å². The maximum absolute atomic E-state index is 12.7. The summed E-state index contributed by atoms with van der Waals surface area (Å²) in [5.41, 5.74) is 2.75. The van der Waals surface area contributed by atoms with Crippen molar-refractivity contribution < 1.29 is 14.7 Å². The van der Waals surface area contributed by atoms with E-state index in [9.17, 15) is 14.7 Å². The van der Waals surface area contributed by atoms with Crippen LogP contribution in [0.1, 0.15) is 13.8 Å². The first-order valence-electron chi connectivity index (χ1n) is 7.55. The molecule has 0 aliphatic heterocycles. The summed E-state index contributed by atoms with van der Waals surface area (Å²) in [6.45, 7) is 3.94. The molecule has 1 fully saturated rings. The van der Waals surface area contributed by atoms with E-state index in [1.807, 2.05) is 26.0 Å². The molecular formula is C18H18ClNO3. The lowest BCUT2D eigenvalue weighted by molar-refractivity contribution is -0.146. The molecule has 0 radical (unpaired) electrons. The van der Waals surface area contributed by atoms with E-state index in [0.717, 1.165) is 11.1 Å². The number of anilines is 1. The minimum Gasteiger partial charge on any atom is -0.481 e. The molecule has 1 aromatic rings. The van der Waals surface area contributed by atoms with Crippen LogP contribution in [-0.2, 0) is 9.59 Å². The molecule has 3 rings (SSSR count). The molecule has 1 amide bonds. The lowest BCUT2D eigenvalue weighted by Gasteiger charge is -2.23. The summed E-state index contributed by atoms with van der Waals surface area (Å²) in [5.74, 6) is -2.81. The zero-order valence-electron chi connectivity index (χ0n) is 12.9. The third-order valence-corrected chi connectivity index (χ3v) is 4.90. The third kappa shape index (κ3) is 2.68. The number of nitrogens with one attached hydrogen (secondary N) is 1. The van der Waals surface area contributed by atoms with Gasteiger partial charge in [-0.25, -0.2) is 0 Å². The van der Waals surface area contributed by atoms with Gasteiger partial charge in [0.2, 0.25) is 5.91 Å². The topological polar surface area (TPSA) is 66.4 Å². The van der Waals surface area contributed by atoms with Gasteiger partial charge in [0.05, 0.1) is 11.8 Å². The highest BCUT2D eigenvalue weighted by atomic mass is 35.5. The third-order valence-electron chi connectivity index (χ3n) is 4.66. The van der Waals surface area contributed by atoms with Gasteiger partial charge in [-0.1, -0.05) is 41.0 Å². The molecule has 1 saturated carbocycles. The molecular weight excluding hydrogens is 314 g/mol. The normalized spacial score (nSPS) is 28.0. The summed E-state index contributed by atoms with van der Waals surface area (Å²) in [4.78, 5) is 24.4. The van der Waals surface area contributed by atoms with Crippen LogP contribution in [0.5, 0.6) is 0 Å². The van der Waals surface area contributed by atoms with E-state index >= 15 is 0 Å². The van der Waals surface area contributed by atoms with Gasteiger partial charge in [0.15, 0.2) is 0 Å². The molecule has 0 aromatic heterocycles. The second-order valence-electron chi connectivity index (χ2n) is 6.28. The summed E-state index contributed by atoms with van der Waals surface area (Å²) >= 11 is 5.93. The SMILES string of the molecule is CC(C)=C1[C@@H]2C=C[C@@H]1[C@@H](C(=O)Nc1cccc(Cl)c1)[C@H]2C(=O)O. The number of carboxylic acid groups (broad SMARTS) is 1. The summed E-state index contributed by atoms with van der Waals surface area (Å²) < 4.78 is 0. The van der Waals surface area contributed by atoms with Gasteiger partial charge in [-0.15, -0.1) is 0 Å². The highest BCUT2D eigenvalue weighted by molar-refractivity contribution is 6.30. The van der Waals surface area contributed by atoms with E-state index in [1.54, 1.807) is 24.3 Å². The predicted octanol–water partition coefficient (Wildman–Crippen LogP) is 3.75. The molecule has 2 N–H and O–H groups in total. The fourth-order valence-corrected chi connectivity index (χ4v) is 4.02. The Morgan fingerprint density at radius 2 is 1.78 bits per heavy atom. The Morgan fingerprint density at radius 1 is 1.13 bits per heavy atom. The fourth-order valence-electron chi connectivity index (χ4n) is 3.83. The maximum Gasteiger partial charge on any atom is 0.308 e. The van der Waals surface area contributed by atoms with Gasteiger partial charge in [0, 0.05) is 22.5 Å². The molecule has 120 valence electrons. The monoisotopic (exact) mass is 331 g/mol. The lowest BCUT2D eigenvalue weighted by atomic mass is 9.82. The second-order valence-corrected chi connectivity index (χ2v) is 6.72. The van der Waals surface area contributed by atoms with Crippen molar-refractivity contribution >= 4 is 29.2 Å². The van der Waals surface area contributed by atoms with Crippen LogP contribution in [-0.4, -0.2) is 17.0 Å². The number of halogens is 1. The molecule has 2 aliphatic rings. The van der Waals surface area contributed by atoms with Crippen molar-refractivity contribution in [2.45, 2.75) is 13.8 Å². The largest absolute Gasteiger partial charge is 0.481 e. The van der Waals surface area contributed by atoms with Gasteiger partial charge in [0.1, 0.15) is 0 Å². The van der Waals surface area contributed by atoms with E-state index in [0.29, 0.717) is 10.7 Å². The first-order valence-corrected chi connectivity index (χ1v) is 7.92. The van der Waals surface area contributed by atoms with E-state index in [-0.39, 0.29) is 17.7 Å². The highest BCUT2D eigenvalue weighted by Gasteiger charge is 2.54. The summed E-state index contributed by atoms with van der Waals surface area (Å²) in [6.07, 6.45) is 3.89. The van der Waals surface area contributed by atoms with Crippen molar-refractivity contribution in [2.24, 2.45) is 23.7 Å². The Bertz CT molecular complexity index is 734. The average Bonchev–Trinajstić information content (AvgIpc) is 3.02. The van der Waals surface area contributed by atoms with Crippen LogP contribution in [0.15, 0.2) is 47.6 Å². The highest BCUT2D eigenvalue weighted by Crippen LogP contribution is 2.53. The summed E-state index contributed by atoms with van der Waals surface area (Å²) in [6, 6.07) is 6.86. The maximum atomic E-state index is 12.7. The Balaban J connectivity index is 1.91. The van der Waals surface area contributed by atoms with Crippen LogP contribution in [0.2, 0.25) is 5.02 Å². The number of allylic oxidation sites excluding steroid dienone is 4. The van der Waals surface area contributed by atoms with E-state index in [2.05, 4.69) is 5.32 Å². The van der Waals surface area contributed by atoms with Gasteiger partial charge in [-0.3, -0.25) is 9.59 Å². The summed E-state index contributed by atoms with van der Waals surface area (Å²) in [5, 5.41) is 12.9. The van der Waals surface area contributed by atoms with E-state index in [4.69, 9.17) is 11.6 Å². The van der Waals surface area contributed by atoms with E-state index < -0.39 is 17.8 Å². The Labute approximate surface area is 139 Å². The number of benzene rings is 1. The van der Waals surface area contributed by atoms with Gasteiger partial charge in [0.25, 0.3) is 0 Å². The Kier molecular flexibility index (Phi) is 4.02. The number of carboxylic acids is 1. The van der Waals surface area contributed by atoms with Crippen molar-refractivity contribution in [3.05, 3.63) is 52.6 Å². The number of aliphatic carboxylic acids is 1. The number of rotatable bonds is 3. The minimum atomic E-state index is -0.924. The minimum absolute atomic E-state index is 0.134. The van der Waals surface area contributed by atoms with Crippen molar-refractivity contribution in [1.82, 2.24) is 0 Å². The van der Waals surface area contributed by atoms with Gasteiger partial charge >= 0.3 is 5.97 Å². The number of hydrogen-bond acceptors (Lipinski definition) is 2. The van der Waals surface area contributed by atoms with Crippen LogP contribution in [0.4, 0.5) is 5.69 Å². The molecule has 5 heteroatoms. The van der Waals surface area contributed by atoms with Crippen LogP contribution in [0.25, 0.3) is 0 Å². The van der Waals surface area contributed by atoms with Crippen molar-refractivity contribution in [3.63, 3.8) is 0 Å². The quantitative estimate of drug-likeness (QED) is 0.829. The molecule has 23 heavy (non-hydrogen) atoms. The van der Waals surface area contributed by atoms with E-state index in [1.165, 1.54) is 0 Å². The second kappa shape index (κ2) is 5.85. The zero-order chi connectivity index (χ0) is 16.7. The van der Waals surface area contributed by atoms with Crippen molar-refractivity contribution in [1.29, 1.82) is 0 Å². The molecule has 0 unspecified atom stereocenters. The number of amides is 1.